The number of carbonyl (C=O) groups is 1. The summed E-state index contributed by atoms with van der Waals surface area (Å²) in [6, 6.07) is 5.23. The second kappa shape index (κ2) is 5.69. The van der Waals surface area contributed by atoms with Gasteiger partial charge in [0.1, 0.15) is 0 Å². The van der Waals surface area contributed by atoms with Crippen molar-refractivity contribution in [2.24, 2.45) is 5.92 Å². The average molecular weight is 269 g/mol. The zero-order valence-electron chi connectivity index (χ0n) is 10.2. The highest BCUT2D eigenvalue weighted by Crippen LogP contribution is 2.16. The van der Waals surface area contributed by atoms with Gasteiger partial charge in [0.05, 0.1) is 6.10 Å². The van der Waals surface area contributed by atoms with E-state index < -0.39 is 0 Å². The number of amides is 1. The lowest BCUT2D eigenvalue weighted by Gasteiger charge is -2.14. The molecule has 0 radical (unpaired) electrons. The van der Waals surface area contributed by atoms with Crippen LogP contribution in [0.2, 0.25) is 5.02 Å². The lowest BCUT2D eigenvalue weighted by molar-refractivity contribution is 0.0927. The van der Waals surface area contributed by atoms with Gasteiger partial charge in [-0.3, -0.25) is 4.79 Å². The Bertz CT molecular complexity index is 451. The number of nitrogens with one attached hydrogen (secondary N) is 2. The Morgan fingerprint density at radius 2 is 2.33 bits per heavy atom. The second-order valence-electron chi connectivity index (χ2n) is 4.66. The topological polar surface area (TPSA) is 61.4 Å². The Balaban J connectivity index is 1.93. The van der Waals surface area contributed by atoms with Crippen LogP contribution in [0.25, 0.3) is 0 Å². The molecule has 1 aromatic rings. The highest BCUT2D eigenvalue weighted by molar-refractivity contribution is 6.31. The van der Waals surface area contributed by atoms with Crippen molar-refractivity contribution in [3.8, 4) is 0 Å². The van der Waals surface area contributed by atoms with Gasteiger partial charge in [-0.05, 0) is 24.6 Å². The quantitative estimate of drug-likeness (QED) is 0.765. The fourth-order valence-electron chi connectivity index (χ4n) is 1.99. The van der Waals surface area contributed by atoms with Crippen LogP contribution in [0.4, 0.5) is 0 Å². The standard InChI is InChI=1S/C13H17ClN2O2/c1-8-2-3-9(4-11(8)14)13(18)16-6-10-5-15-7-12(10)17/h2-4,10,12,15,17H,5-7H2,1H3,(H,16,18). The Hall–Kier alpha value is -1.10. The van der Waals surface area contributed by atoms with Gasteiger partial charge in [-0.1, -0.05) is 17.7 Å². The summed E-state index contributed by atoms with van der Waals surface area (Å²) < 4.78 is 0. The molecule has 18 heavy (non-hydrogen) atoms. The molecule has 0 bridgehead atoms. The third-order valence-corrected chi connectivity index (χ3v) is 3.67. The van der Waals surface area contributed by atoms with Crippen LogP contribution in [0.15, 0.2) is 18.2 Å². The predicted molar refractivity (Wildman–Crippen MR) is 70.9 cm³/mol. The summed E-state index contributed by atoms with van der Waals surface area (Å²) >= 11 is 5.98. The highest BCUT2D eigenvalue weighted by Gasteiger charge is 2.25. The number of aryl methyl sites for hydroxylation is 1. The molecule has 3 N–H and O–H groups in total. The van der Waals surface area contributed by atoms with Crippen LogP contribution in [-0.4, -0.2) is 36.8 Å². The molecule has 0 aliphatic carbocycles. The molecule has 1 amide bonds. The van der Waals surface area contributed by atoms with E-state index in [1.807, 2.05) is 13.0 Å². The van der Waals surface area contributed by atoms with Crippen LogP contribution in [-0.2, 0) is 0 Å². The Morgan fingerprint density at radius 1 is 1.56 bits per heavy atom. The number of carbonyl (C=O) groups excluding carboxylic acids is 1. The molecule has 0 saturated carbocycles. The summed E-state index contributed by atoms with van der Waals surface area (Å²) in [5.74, 6) is -0.0779. The zero-order valence-corrected chi connectivity index (χ0v) is 11.0. The maximum atomic E-state index is 11.9. The summed E-state index contributed by atoms with van der Waals surface area (Å²) in [5, 5.41) is 16.1. The molecule has 0 aromatic heterocycles. The van der Waals surface area contributed by atoms with Crippen LogP contribution in [0, 0.1) is 12.8 Å². The molecule has 1 heterocycles. The number of aliphatic hydroxyl groups excluding tert-OH is 1. The lowest BCUT2D eigenvalue weighted by Crippen LogP contribution is -2.34. The van der Waals surface area contributed by atoms with Gasteiger partial charge in [-0.2, -0.15) is 0 Å². The van der Waals surface area contributed by atoms with Crippen molar-refractivity contribution in [1.82, 2.24) is 10.6 Å². The molecule has 1 fully saturated rings. The molecule has 1 saturated heterocycles. The smallest absolute Gasteiger partial charge is 0.251 e. The third kappa shape index (κ3) is 3.02. The van der Waals surface area contributed by atoms with Gasteiger partial charge in [0.2, 0.25) is 0 Å². The van der Waals surface area contributed by atoms with E-state index >= 15 is 0 Å². The largest absolute Gasteiger partial charge is 0.391 e. The first-order valence-electron chi connectivity index (χ1n) is 6.01. The van der Waals surface area contributed by atoms with Crippen molar-refractivity contribution in [2.75, 3.05) is 19.6 Å². The number of benzene rings is 1. The fraction of sp³-hybridized carbons (Fsp3) is 0.462. The van der Waals surface area contributed by atoms with Crippen molar-refractivity contribution in [3.63, 3.8) is 0 Å². The molecular weight excluding hydrogens is 252 g/mol. The summed E-state index contributed by atoms with van der Waals surface area (Å²) in [4.78, 5) is 11.9. The number of aliphatic hydroxyl groups is 1. The number of β-amino-alcohol motifs (C(OH)–C–C–N with tert-alkyl or cyclic N) is 1. The van der Waals surface area contributed by atoms with E-state index in [1.54, 1.807) is 12.1 Å². The van der Waals surface area contributed by atoms with Crippen molar-refractivity contribution >= 4 is 17.5 Å². The van der Waals surface area contributed by atoms with Gasteiger partial charge in [-0.15, -0.1) is 0 Å². The molecule has 98 valence electrons. The normalized spacial score (nSPS) is 23.1. The lowest BCUT2D eigenvalue weighted by atomic mass is 10.1. The van der Waals surface area contributed by atoms with Gasteiger partial charge in [0, 0.05) is 36.1 Å². The predicted octanol–water partition coefficient (Wildman–Crippen LogP) is 0.959. The number of rotatable bonds is 3. The van der Waals surface area contributed by atoms with Crippen LogP contribution < -0.4 is 10.6 Å². The Labute approximate surface area is 111 Å². The minimum Gasteiger partial charge on any atom is -0.391 e. The monoisotopic (exact) mass is 268 g/mol. The summed E-state index contributed by atoms with van der Waals surface area (Å²) in [5.41, 5.74) is 1.50. The summed E-state index contributed by atoms with van der Waals surface area (Å²) in [6.45, 7) is 3.69. The fourth-order valence-corrected chi connectivity index (χ4v) is 2.17. The zero-order chi connectivity index (χ0) is 13.1. The first-order valence-corrected chi connectivity index (χ1v) is 6.39. The van der Waals surface area contributed by atoms with E-state index in [-0.39, 0.29) is 17.9 Å². The van der Waals surface area contributed by atoms with E-state index in [1.165, 1.54) is 0 Å². The van der Waals surface area contributed by atoms with Crippen molar-refractivity contribution < 1.29 is 9.90 Å². The highest BCUT2D eigenvalue weighted by atomic mass is 35.5. The SMILES string of the molecule is Cc1ccc(C(=O)NCC2CNCC2O)cc1Cl. The van der Waals surface area contributed by atoms with Crippen LogP contribution in [0.5, 0.6) is 0 Å². The molecule has 1 aromatic carbocycles. The molecule has 4 nitrogen and oxygen atoms in total. The molecule has 2 rings (SSSR count). The van der Waals surface area contributed by atoms with E-state index in [2.05, 4.69) is 10.6 Å². The van der Waals surface area contributed by atoms with Gasteiger partial charge in [0.15, 0.2) is 0 Å². The van der Waals surface area contributed by atoms with Crippen molar-refractivity contribution in [1.29, 1.82) is 0 Å². The molecule has 0 spiro atoms. The van der Waals surface area contributed by atoms with E-state index in [4.69, 9.17) is 11.6 Å². The molecular formula is C13H17ClN2O2. The van der Waals surface area contributed by atoms with Crippen molar-refractivity contribution in [2.45, 2.75) is 13.0 Å². The molecule has 5 heteroatoms. The van der Waals surface area contributed by atoms with E-state index in [9.17, 15) is 9.90 Å². The first-order chi connectivity index (χ1) is 8.58. The summed E-state index contributed by atoms with van der Waals surface area (Å²) in [7, 11) is 0. The van der Waals surface area contributed by atoms with Gasteiger partial charge in [0.25, 0.3) is 5.91 Å². The number of halogens is 1. The minimum absolute atomic E-state index is 0.0786. The maximum absolute atomic E-state index is 11.9. The van der Waals surface area contributed by atoms with E-state index in [0.29, 0.717) is 23.7 Å². The van der Waals surface area contributed by atoms with Gasteiger partial charge in [-0.25, -0.2) is 0 Å². The van der Waals surface area contributed by atoms with Crippen LogP contribution in [0.3, 0.4) is 0 Å². The average Bonchev–Trinajstić information content (AvgIpc) is 2.75. The van der Waals surface area contributed by atoms with Gasteiger partial charge < -0.3 is 15.7 Å². The Morgan fingerprint density at radius 3 is 2.94 bits per heavy atom. The third-order valence-electron chi connectivity index (χ3n) is 3.26. The number of hydrogen-bond donors (Lipinski definition) is 3. The van der Waals surface area contributed by atoms with Crippen LogP contribution >= 0.6 is 11.6 Å². The Kier molecular flexibility index (Phi) is 4.22. The van der Waals surface area contributed by atoms with E-state index in [0.717, 1.165) is 12.1 Å². The number of hydrogen-bond acceptors (Lipinski definition) is 3. The van der Waals surface area contributed by atoms with Crippen molar-refractivity contribution in [3.05, 3.63) is 34.3 Å². The summed E-state index contributed by atoms with van der Waals surface area (Å²) in [6.07, 6.45) is -0.382. The molecule has 1 aliphatic heterocycles. The first kappa shape index (κ1) is 13.3. The maximum Gasteiger partial charge on any atom is 0.251 e. The molecule has 1 aliphatic rings. The van der Waals surface area contributed by atoms with Crippen LogP contribution in [0.1, 0.15) is 15.9 Å². The molecule has 2 atom stereocenters. The van der Waals surface area contributed by atoms with Gasteiger partial charge >= 0.3 is 0 Å². The second-order valence-corrected chi connectivity index (χ2v) is 5.07. The minimum atomic E-state index is -0.382. The molecule has 2 unspecified atom stereocenters.